The van der Waals surface area contributed by atoms with Crippen molar-refractivity contribution in [1.29, 1.82) is 0 Å². The van der Waals surface area contributed by atoms with Crippen LogP contribution in [0.5, 0.6) is 17.2 Å². The minimum atomic E-state index is -1.05. The maximum absolute atomic E-state index is 11.1. The molecular weight excluding hydrogens is 308 g/mol. The third kappa shape index (κ3) is 5.99. The molecule has 0 bridgehead atoms. The SMILES string of the molecule is COc1cc(C(=O)O)cc(OC)c1OC/C=C(/C)CCC=C(C)C. The van der Waals surface area contributed by atoms with Crippen LogP contribution in [-0.2, 0) is 0 Å². The van der Waals surface area contributed by atoms with Crippen LogP contribution >= 0.6 is 0 Å². The molecule has 5 nitrogen and oxygen atoms in total. The van der Waals surface area contributed by atoms with Crippen molar-refractivity contribution in [2.45, 2.75) is 33.6 Å². The molecule has 5 heteroatoms. The molecular formula is C19H26O5. The molecule has 0 heterocycles. The zero-order chi connectivity index (χ0) is 18.1. The summed E-state index contributed by atoms with van der Waals surface area (Å²) in [7, 11) is 2.93. The molecule has 0 aliphatic heterocycles. The fraction of sp³-hybridized carbons (Fsp3) is 0.421. The maximum atomic E-state index is 11.1. The summed E-state index contributed by atoms with van der Waals surface area (Å²) in [6.45, 7) is 6.59. The van der Waals surface area contributed by atoms with Gasteiger partial charge in [-0.2, -0.15) is 0 Å². The molecule has 1 aromatic carbocycles. The van der Waals surface area contributed by atoms with Crippen molar-refractivity contribution >= 4 is 5.97 Å². The molecule has 132 valence electrons. The largest absolute Gasteiger partial charge is 0.493 e. The summed E-state index contributed by atoms with van der Waals surface area (Å²) in [5.41, 5.74) is 2.63. The van der Waals surface area contributed by atoms with Gasteiger partial charge in [-0.05, 0) is 51.8 Å². The third-order valence-corrected chi connectivity index (χ3v) is 3.46. The Morgan fingerprint density at radius 2 is 1.67 bits per heavy atom. The number of benzene rings is 1. The van der Waals surface area contributed by atoms with Gasteiger partial charge in [0.1, 0.15) is 6.61 Å². The average Bonchev–Trinajstić information content (AvgIpc) is 2.53. The van der Waals surface area contributed by atoms with Crippen LogP contribution in [0, 0.1) is 0 Å². The van der Waals surface area contributed by atoms with Crippen molar-refractivity contribution in [2.75, 3.05) is 20.8 Å². The Balaban J connectivity index is 2.83. The van der Waals surface area contributed by atoms with E-state index in [4.69, 9.17) is 19.3 Å². The Kier molecular flexibility index (Phi) is 7.89. The first-order chi connectivity index (χ1) is 11.4. The van der Waals surface area contributed by atoms with E-state index in [2.05, 4.69) is 26.8 Å². The number of carbonyl (C=O) groups is 1. The molecule has 0 fully saturated rings. The van der Waals surface area contributed by atoms with Crippen LogP contribution in [0.25, 0.3) is 0 Å². The van der Waals surface area contributed by atoms with E-state index in [0.717, 1.165) is 12.8 Å². The van der Waals surface area contributed by atoms with Crippen LogP contribution in [0.15, 0.2) is 35.4 Å². The van der Waals surface area contributed by atoms with Gasteiger partial charge in [0.2, 0.25) is 5.75 Å². The predicted molar refractivity (Wildman–Crippen MR) is 94.4 cm³/mol. The van der Waals surface area contributed by atoms with Crippen molar-refractivity contribution in [2.24, 2.45) is 0 Å². The summed E-state index contributed by atoms with van der Waals surface area (Å²) in [6, 6.07) is 2.84. The van der Waals surface area contributed by atoms with Gasteiger partial charge in [-0.1, -0.05) is 17.2 Å². The van der Waals surface area contributed by atoms with Gasteiger partial charge in [-0.25, -0.2) is 4.79 Å². The Hall–Kier alpha value is -2.43. The highest BCUT2D eigenvalue weighted by molar-refractivity contribution is 5.89. The molecule has 0 radical (unpaired) electrons. The first-order valence-corrected chi connectivity index (χ1v) is 7.80. The number of carboxylic acid groups (broad SMARTS) is 1. The van der Waals surface area contributed by atoms with E-state index in [1.54, 1.807) is 0 Å². The fourth-order valence-corrected chi connectivity index (χ4v) is 2.10. The van der Waals surface area contributed by atoms with E-state index in [-0.39, 0.29) is 5.56 Å². The highest BCUT2D eigenvalue weighted by Gasteiger charge is 2.16. The van der Waals surface area contributed by atoms with Crippen molar-refractivity contribution in [3.8, 4) is 17.2 Å². The smallest absolute Gasteiger partial charge is 0.335 e. The van der Waals surface area contributed by atoms with Crippen molar-refractivity contribution in [3.05, 3.63) is 41.0 Å². The number of ether oxygens (including phenoxy) is 3. The van der Waals surface area contributed by atoms with Gasteiger partial charge in [0.15, 0.2) is 11.5 Å². The van der Waals surface area contributed by atoms with Crippen LogP contribution in [-0.4, -0.2) is 31.9 Å². The first-order valence-electron chi connectivity index (χ1n) is 7.80. The minimum Gasteiger partial charge on any atom is -0.493 e. The van der Waals surface area contributed by atoms with Crippen molar-refractivity contribution < 1.29 is 24.1 Å². The lowest BCUT2D eigenvalue weighted by atomic mass is 10.1. The van der Waals surface area contributed by atoms with Crippen molar-refractivity contribution in [3.63, 3.8) is 0 Å². The number of methoxy groups -OCH3 is 2. The summed E-state index contributed by atoms with van der Waals surface area (Å²) in [5.74, 6) is 0.0243. The van der Waals surface area contributed by atoms with Gasteiger partial charge < -0.3 is 19.3 Å². The Bertz CT molecular complexity index is 600. The van der Waals surface area contributed by atoms with Crippen LogP contribution in [0.1, 0.15) is 44.0 Å². The lowest BCUT2D eigenvalue weighted by Gasteiger charge is -2.14. The molecule has 24 heavy (non-hydrogen) atoms. The van der Waals surface area contributed by atoms with Crippen LogP contribution in [0.4, 0.5) is 0 Å². The topological polar surface area (TPSA) is 65.0 Å². The highest BCUT2D eigenvalue weighted by atomic mass is 16.5. The quantitative estimate of drug-likeness (QED) is 0.675. The van der Waals surface area contributed by atoms with Gasteiger partial charge in [0.25, 0.3) is 0 Å². The van der Waals surface area contributed by atoms with E-state index in [0.29, 0.717) is 23.9 Å². The molecule has 0 spiro atoms. The molecule has 0 unspecified atom stereocenters. The maximum Gasteiger partial charge on any atom is 0.335 e. The monoisotopic (exact) mass is 334 g/mol. The number of hydrogen-bond acceptors (Lipinski definition) is 4. The third-order valence-electron chi connectivity index (χ3n) is 3.46. The minimum absolute atomic E-state index is 0.0875. The number of rotatable bonds is 9. The fourth-order valence-electron chi connectivity index (χ4n) is 2.10. The summed E-state index contributed by atoms with van der Waals surface area (Å²) >= 11 is 0. The van der Waals surface area contributed by atoms with Gasteiger partial charge in [-0.3, -0.25) is 0 Å². The zero-order valence-corrected chi connectivity index (χ0v) is 15.0. The van der Waals surface area contributed by atoms with E-state index >= 15 is 0 Å². The summed E-state index contributed by atoms with van der Waals surface area (Å²) in [4.78, 5) is 11.1. The van der Waals surface area contributed by atoms with Crippen molar-refractivity contribution in [1.82, 2.24) is 0 Å². The lowest BCUT2D eigenvalue weighted by molar-refractivity contribution is 0.0696. The lowest BCUT2D eigenvalue weighted by Crippen LogP contribution is -2.03. The number of allylic oxidation sites excluding steroid dienone is 3. The Morgan fingerprint density at radius 1 is 1.08 bits per heavy atom. The molecule has 0 aromatic heterocycles. The van der Waals surface area contributed by atoms with Crippen LogP contribution in [0.2, 0.25) is 0 Å². The van der Waals surface area contributed by atoms with Crippen LogP contribution < -0.4 is 14.2 Å². The average molecular weight is 334 g/mol. The molecule has 0 saturated carbocycles. The van der Waals surface area contributed by atoms with E-state index in [1.165, 1.54) is 37.5 Å². The molecule has 1 N–H and O–H groups in total. The van der Waals surface area contributed by atoms with Gasteiger partial charge in [0, 0.05) is 0 Å². The number of hydrogen-bond donors (Lipinski definition) is 1. The van der Waals surface area contributed by atoms with E-state index in [9.17, 15) is 4.79 Å². The van der Waals surface area contributed by atoms with Crippen LogP contribution in [0.3, 0.4) is 0 Å². The molecule has 1 rings (SSSR count). The van der Waals surface area contributed by atoms with Gasteiger partial charge in [0.05, 0.1) is 19.8 Å². The molecule has 0 saturated heterocycles. The number of carboxylic acids is 1. The van der Waals surface area contributed by atoms with Gasteiger partial charge in [-0.15, -0.1) is 0 Å². The first kappa shape index (κ1) is 19.6. The predicted octanol–water partition coefficient (Wildman–Crippen LogP) is 4.47. The molecule has 0 atom stereocenters. The van der Waals surface area contributed by atoms with E-state index < -0.39 is 5.97 Å². The molecule has 0 aliphatic carbocycles. The second-order valence-corrected chi connectivity index (χ2v) is 5.70. The second kappa shape index (κ2) is 9.65. The second-order valence-electron chi connectivity index (χ2n) is 5.70. The Morgan fingerprint density at radius 3 is 2.12 bits per heavy atom. The molecule has 1 aromatic rings. The van der Waals surface area contributed by atoms with Gasteiger partial charge >= 0.3 is 5.97 Å². The highest BCUT2D eigenvalue weighted by Crippen LogP contribution is 2.38. The molecule has 0 aliphatic rings. The number of aromatic carboxylic acids is 1. The Labute approximate surface area is 143 Å². The zero-order valence-electron chi connectivity index (χ0n) is 15.0. The summed E-state index contributed by atoms with van der Waals surface area (Å²) < 4.78 is 16.2. The normalized spacial score (nSPS) is 11.0. The summed E-state index contributed by atoms with van der Waals surface area (Å²) in [5, 5.41) is 9.12. The molecule has 0 amide bonds. The standard InChI is InChI=1S/C19H26O5/c1-13(2)7-6-8-14(3)9-10-24-18-16(22-4)11-15(19(20)21)12-17(18)23-5/h7,9,11-12H,6,8,10H2,1-5H3,(H,20,21)/b14-9-. The summed E-state index contributed by atoms with van der Waals surface area (Å²) in [6.07, 6.45) is 6.18. The van der Waals surface area contributed by atoms with E-state index in [1.807, 2.05) is 6.08 Å².